The van der Waals surface area contributed by atoms with Crippen molar-refractivity contribution in [3.63, 3.8) is 0 Å². The average molecular weight is 482 g/mol. The summed E-state index contributed by atoms with van der Waals surface area (Å²) in [5.41, 5.74) is 3.36. The van der Waals surface area contributed by atoms with Gasteiger partial charge in [0.15, 0.2) is 0 Å². The van der Waals surface area contributed by atoms with Gasteiger partial charge in [0.05, 0.1) is 30.9 Å². The quantitative estimate of drug-likeness (QED) is 0.538. The molecule has 2 N–H and O–H groups in total. The predicted octanol–water partition coefficient (Wildman–Crippen LogP) is 3.72. The van der Waals surface area contributed by atoms with Gasteiger partial charge in [-0.15, -0.1) is 5.10 Å². The molecule has 1 aromatic heterocycles. The molecule has 2 aromatic carbocycles. The van der Waals surface area contributed by atoms with E-state index in [0.29, 0.717) is 16.6 Å². The number of amides is 2. The maximum absolute atomic E-state index is 14.4. The number of nitrogens with one attached hydrogen (secondary N) is 2. The molecule has 0 spiro atoms. The summed E-state index contributed by atoms with van der Waals surface area (Å²) in [6.07, 6.45) is 2.40. The first-order valence-electron chi connectivity index (χ1n) is 11.4. The van der Waals surface area contributed by atoms with E-state index in [-0.39, 0.29) is 25.3 Å². The van der Waals surface area contributed by atoms with E-state index in [1.54, 1.807) is 0 Å². The molecule has 1 aliphatic carbocycles. The molecule has 9 heteroatoms. The van der Waals surface area contributed by atoms with Gasteiger partial charge in [-0.25, -0.2) is 4.39 Å². The van der Waals surface area contributed by atoms with Crippen LogP contribution >= 0.6 is 11.6 Å². The van der Waals surface area contributed by atoms with Crippen molar-refractivity contribution in [2.24, 2.45) is 0 Å². The van der Waals surface area contributed by atoms with Gasteiger partial charge >= 0.3 is 0 Å². The standard InChI is InChI=1S/C25H25ClFN5O2/c26-21-10-17(8-9-20(21)15-6-7-15)24(16-4-2-1-3-5-16)29-25(34)22-11-18(27)14-32(22)23(33)12-19-13-28-31-30-19/h1-5,8-10,13,15,18,22,24H,6-7,11-12,14H2,(H,29,34)(H,28,30,31). The number of aromatic nitrogens is 3. The first-order chi connectivity index (χ1) is 16.5. The third-order valence-electron chi connectivity index (χ3n) is 6.47. The number of hydrogen-bond acceptors (Lipinski definition) is 4. The second kappa shape index (κ2) is 9.54. The Morgan fingerprint density at radius 1 is 1.18 bits per heavy atom. The fraction of sp³-hybridized carbons (Fsp3) is 0.360. The van der Waals surface area contributed by atoms with Crippen molar-refractivity contribution in [3.8, 4) is 0 Å². The Hall–Kier alpha value is -3.26. The van der Waals surface area contributed by atoms with Gasteiger partial charge in [-0.05, 0) is 41.5 Å². The number of halogens is 2. The zero-order valence-corrected chi connectivity index (χ0v) is 19.2. The number of nitrogens with zero attached hydrogens (tertiary/aromatic N) is 3. The molecule has 7 nitrogen and oxygen atoms in total. The molecule has 3 atom stereocenters. The first-order valence-corrected chi connectivity index (χ1v) is 11.8. The van der Waals surface area contributed by atoms with Crippen molar-refractivity contribution in [2.75, 3.05) is 6.54 Å². The van der Waals surface area contributed by atoms with Crippen molar-refractivity contribution < 1.29 is 14.0 Å². The molecule has 1 saturated heterocycles. The van der Waals surface area contributed by atoms with Gasteiger partial charge in [-0.1, -0.05) is 59.3 Å². The molecule has 3 aromatic rings. The fourth-order valence-corrected chi connectivity index (χ4v) is 4.91. The van der Waals surface area contributed by atoms with Crippen LogP contribution in [0.4, 0.5) is 4.39 Å². The van der Waals surface area contributed by atoms with Crippen LogP contribution in [0.15, 0.2) is 54.7 Å². The number of carbonyl (C=O) groups is 2. The summed E-state index contributed by atoms with van der Waals surface area (Å²) in [7, 11) is 0. The van der Waals surface area contributed by atoms with Crippen LogP contribution in [0.2, 0.25) is 5.02 Å². The summed E-state index contributed by atoms with van der Waals surface area (Å²) in [4.78, 5) is 27.5. The molecule has 176 valence electrons. The van der Waals surface area contributed by atoms with E-state index >= 15 is 0 Å². The normalized spacial score (nSPS) is 20.8. The minimum atomic E-state index is -1.26. The molecule has 2 amide bonds. The van der Waals surface area contributed by atoms with Gasteiger partial charge in [0.25, 0.3) is 0 Å². The summed E-state index contributed by atoms with van der Waals surface area (Å²) in [5, 5.41) is 13.6. The largest absolute Gasteiger partial charge is 0.343 e. The summed E-state index contributed by atoms with van der Waals surface area (Å²) in [6.45, 7) is -0.115. The Labute approximate surface area is 201 Å². The number of aromatic amines is 1. The van der Waals surface area contributed by atoms with Crippen molar-refractivity contribution in [1.29, 1.82) is 0 Å². The van der Waals surface area contributed by atoms with Gasteiger partial charge in [0, 0.05) is 11.4 Å². The second-order valence-electron chi connectivity index (χ2n) is 8.96. The Morgan fingerprint density at radius 3 is 2.65 bits per heavy atom. The lowest BCUT2D eigenvalue weighted by molar-refractivity contribution is -0.138. The lowest BCUT2D eigenvalue weighted by Crippen LogP contribution is -2.47. The Kier molecular flexibility index (Phi) is 6.32. The van der Waals surface area contributed by atoms with Gasteiger partial charge in [0.2, 0.25) is 11.8 Å². The zero-order chi connectivity index (χ0) is 23.7. The molecule has 0 radical (unpaired) electrons. The van der Waals surface area contributed by atoms with E-state index in [4.69, 9.17) is 11.6 Å². The number of rotatable bonds is 7. The molecule has 2 aliphatic rings. The van der Waals surface area contributed by atoms with Crippen LogP contribution in [-0.2, 0) is 16.0 Å². The van der Waals surface area contributed by atoms with Crippen molar-refractivity contribution >= 4 is 23.4 Å². The molecule has 2 heterocycles. The topological polar surface area (TPSA) is 91.0 Å². The van der Waals surface area contributed by atoms with Crippen molar-refractivity contribution in [2.45, 2.75) is 49.9 Å². The summed E-state index contributed by atoms with van der Waals surface area (Å²) in [5.74, 6) is -0.233. The zero-order valence-electron chi connectivity index (χ0n) is 18.5. The molecular weight excluding hydrogens is 457 g/mol. The van der Waals surface area contributed by atoms with Gasteiger partial charge in [-0.3, -0.25) is 14.7 Å². The number of alkyl halides is 1. The third kappa shape index (κ3) is 4.82. The maximum atomic E-state index is 14.4. The average Bonchev–Trinajstić information content (AvgIpc) is 3.40. The summed E-state index contributed by atoms with van der Waals surface area (Å²) in [6, 6.07) is 14.1. The third-order valence-corrected chi connectivity index (χ3v) is 6.80. The number of benzene rings is 2. The number of likely N-dealkylation sites (tertiary alicyclic amines) is 1. The van der Waals surface area contributed by atoms with E-state index in [9.17, 15) is 14.0 Å². The minimum absolute atomic E-state index is 0.0240. The predicted molar refractivity (Wildman–Crippen MR) is 125 cm³/mol. The Morgan fingerprint density at radius 2 is 1.97 bits per heavy atom. The van der Waals surface area contributed by atoms with Crippen LogP contribution in [0.25, 0.3) is 0 Å². The van der Waals surface area contributed by atoms with E-state index in [2.05, 4.69) is 20.7 Å². The lowest BCUT2D eigenvalue weighted by atomic mass is 9.96. The fourth-order valence-electron chi connectivity index (χ4n) is 4.57. The Balaban J connectivity index is 1.38. The minimum Gasteiger partial charge on any atom is -0.343 e. The van der Waals surface area contributed by atoms with Crippen LogP contribution < -0.4 is 5.32 Å². The smallest absolute Gasteiger partial charge is 0.243 e. The van der Waals surface area contributed by atoms with Crippen LogP contribution in [-0.4, -0.2) is 50.9 Å². The van der Waals surface area contributed by atoms with Crippen LogP contribution in [0.1, 0.15) is 53.6 Å². The first kappa shape index (κ1) is 22.5. The van der Waals surface area contributed by atoms with E-state index in [1.165, 1.54) is 11.1 Å². The van der Waals surface area contributed by atoms with E-state index in [0.717, 1.165) is 29.5 Å². The highest BCUT2D eigenvalue weighted by molar-refractivity contribution is 6.31. The molecule has 1 aliphatic heterocycles. The molecule has 2 fully saturated rings. The highest BCUT2D eigenvalue weighted by Gasteiger charge is 2.40. The number of hydrogen-bond donors (Lipinski definition) is 2. The van der Waals surface area contributed by atoms with Crippen LogP contribution in [0, 0.1) is 0 Å². The SMILES string of the molecule is O=C(NC(c1ccccc1)c1ccc(C2CC2)c(Cl)c1)C1CC(F)CN1C(=O)Cc1cnn[nH]1. The molecule has 1 saturated carbocycles. The van der Waals surface area contributed by atoms with Gasteiger partial charge < -0.3 is 10.2 Å². The molecule has 3 unspecified atom stereocenters. The summed E-state index contributed by atoms with van der Waals surface area (Å²) < 4.78 is 14.4. The van der Waals surface area contributed by atoms with Gasteiger partial charge in [0.1, 0.15) is 12.2 Å². The van der Waals surface area contributed by atoms with E-state index in [1.807, 2.05) is 48.5 Å². The van der Waals surface area contributed by atoms with Gasteiger partial charge in [-0.2, -0.15) is 0 Å². The molecular formula is C25H25ClFN5O2. The maximum Gasteiger partial charge on any atom is 0.243 e. The highest BCUT2D eigenvalue weighted by Crippen LogP contribution is 2.44. The number of H-pyrrole nitrogens is 1. The summed E-state index contributed by atoms with van der Waals surface area (Å²) >= 11 is 6.58. The van der Waals surface area contributed by atoms with E-state index < -0.39 is 24.2 Å². The lowest BCUT2D eigenvalue weighted by Gasteiger charge is -2.27. The molecule has 0 bridgehead atoms. The monoisotopic (exact) mass is 481 g/mol. The Bertz CT molecular complexity index is 1170. The van der Waals surface area contributed by atoms with Crippen LogP contribution in [0.5, 0.6) is 0 Å². The van der Waals surface area contributed by atoms with Crippen molar-refractivity contribution in [3.05, 3.63) is 82.1 Å². The number of carbonyl (C=O) groups excluding carboxylic acids is 2. The van der Waals surface area contributed by atoms with Crippen LogP contribution in [0.3, 0.4) is 0 Å². The van der Waals surface area contributed by atoms with Crippen molar-refractivity contribution in [1.82, 2.24) is 25.6 Å². The highest BCUT2D eigenvalue weighted by atomic mass is 35.5. The second-order valence-corrected chi connectivity index (χ2v) is 9.37. The molecule has 5 rings (SSSR count). The molecule has 34 heavy (non-hydrogen) atoms.